The molecule has 2 aromatic heterocycles. The van der Waals surface area contributed by atoms with E-state index < -0.39 is 10.0 Å². The Morgan fingerprint density at radius 1 is 1.39 bits per heavy atom. The average Bonchev–Trinajstić information content (AvgIpc) is 2.73. The highest BCUT2D eigenvalue weighted by Crippen LogP contribution is 2.13. The van der Waals surface area contributed by atoms with Gasteiger partial charge < -0.3 is 5.73 Å². The first-order chi connectivity index (χ1) is 8.50. The molecule has 0 aromatic carbocycles. The Morgan fingerprint density at radius 2 is 2.17 bits per heavy atom. The van der Waals surface area contributed by atoms with Crippen LogP contribution in [0, 0.1) is 0 Å². The number of sulfonamides is 1. The summed E-state index contributed by atoms with van der Waals surface area (Å²) in [6, 6.07) is 4.80. The quantitative estimate of drug-likeness (QED) is 0.803. The molecule has 3 N–H and O–H groups in total. The molecule has 2 rings (SSSR count). The Morgan fingerprint density at radius 3 is 2.78 bits per heavy atom. The minimum absolute atomic E-state index is 0.120. The number of pyridine rings is 1. The predicted octanol–water partition coefficient (Wildman–Crippen LogP) is -0.124. The number of aryl methyl sites for hydroxylation is 1. The van der Waals surface area contributed by atoms with Gasteiger partial charge in [-0.05, 0) is 18.2 Å². The van der Waals surface area contributed by atoms with Crippen molar-refractivity contribution in [2.75, 3.05) is 5.73 Å². The van der Waals surface area contributed by atoms with Gasteiger partial charge in [0.25, 0.3) is 10.0 Å². The van der Waals surface area contributed by atoms with Crippen LogP contribution in [0.25, 0.3) is 0 Å². The number of hydrogen-bond donors (Lipinski definition) is 2. The number of aromatic nitrogens is 3. The lowest BCUT2D eigenvalue weighted by Gasteiger charge is -2.07. The van der Waals surface area contributed by atoms with Gasteiger partial charge in [-0.25, -0.2) is 18.1 Å². The predicted molar refractivity (Wildman–Crippen MR) is 65.9 cm³/mol. The van der Waals surface area contributed by atoms with E-state index in [-0.39, 0.29) is 17.3 Å². The first-order valence-electron chi connectivity index (χ1n) is 5.18. The standard InChI is InChI=1S/C10H13N5O2S/c1-15-8(4-6-13-15)7-14-18(16,17)10-9(11)3-2-5-12-10/h2-6,14H,7,11H2,1H3. The zero-order valence-corrected chi connectivity index (χ0v) is 10.6. The van der Waals surface area contributed by atoms with Gasteiger partial charge in [0.2, 0.25) is 0 Å². The number of hydrogen-bond acceptors (Lipinski definition) is 5. The topological polar surface area (TPSA) is 103 Å². The highest BCUT2D eigenvalue weighted by atomic mass is 32.2. The molecule has 96 valence electrons. The first kappa shape index (κ1) is 12.5. The third-order valence-electron chi connectivity index (χ3n) is 2.42. The van der Waals surface area contributed by atoms with Crippen LogP contribution in [-0.4, -0.2) is 23.2 Å². The molecule has 0 saturated carbocycles. The summed E-state index contributed by atoms with van der Waals surface area (Å²) in [5, 5.41) is 3.79. The summed E-state index contributed by atoms with van der Waals surface area (Å²) in [5.41, 5.74) is 6.45. The fraction of sp³-hybridized carbons (Fsp3) is 0.200. The second-order valence-corrected chi connectivity index (χ2v) is 5.35. The number of rotatable bonds is 4. The summed E-state index contributed by atoms with van der Waals surface area (Å²) >= 11 is 0. The molecule has 0 spiro atoms. The summed E-state index contributed by atoms with van der Waals surface area (Å²) in [6.45, 7) is 0.134. The molecule has 0 saturated heterocycles. The van der Waals surface area contributed by atoms with Gasteiger partial charge in [-0.2, -0.15) is 5.10 Å². The second-order valence-electron chi connectivity index (χ2n) is 3.67. The lowest BCUT2D eigenvalue weighted by Crippen LogP contribution is -2.26. The normalized spacial score (nSPS) is 11.6. The highest BCUT2D eigenvalue weighted by molar-refractivity contribution is 7.89. The van der Waals surface area contributed by atoms with Crippen molar-refractivity contribution in [3.63, 3.8) is 0 Å². The van der Waals surface area contributed by atoms with Crippen LogP contribution in [0.4, 0.5) is 5.69 Å². The van der Waals surface area contributed by atoms with Crippen molar-refractivity contribution in [2.45, 2.75) is 11.6 Å². The van der Waals surface area contributed by atoms with Crippen molar-refractivity contribution in [2.24, 2.45) is 7.05 Å². The molecule has 0 amide bonds. The molecule has 0 atom stereocenters. The number of nitrogens with two attached hydrogens (primary N) is 1. The molecular weight excluding hydrogens is 254 g/mol. The van der Waals surface area contributed by atoms with E-state index in [1.54, 1.807) is 30.1 Å². The van der Waals surface area contributed by atoms with Crippen LogP contribution < -0.4 is 10.5 Å². The van der Waals surface area contributed by atoms with Crippen LogP contribution in [0.2, 0.25) is 0 Å². The molecule has 2 aromatic rings. The summed E-state index contributed by atoms with van der Waals surface area (Å²) in [4.78, 5) is 3.77. The zero-order valence-electron chi connectivity index (χ0n) is 9.74. The van der Waals surface area contributed by atoms with Gasteiger partial charge in [-0.1, -0.05) is 0 Å². The van der Waals surface area contributed by atoms with Gasteiger partial charge in [0.05, 0.1) is 17.9 Å². The lowest BCUT2D eigenvalue weighted by molar-refractivity contribution is 0.574. The molecule has 0 aliphatic rings. The van der Waals surface area contributed by atoms with Gasteiger partial charge in [0.1, 0.15) is 0 Å². The Balaban J connectivity index is 2.19. The molecule has 0 aliphatic heterocycles. The molecule has 7 nitrogen and oxygen atoms in total. The van der Waals surface area contributed by atoms with Gasteiger partial charge >= 0.3 is 0 Å². The van der Waals surface area contributed by atoms with Crippen LogP contribution in [0.15, 0.2) is 35.6 Å². The van der Waals surface area contributed by atoms with E-state index in [1.165, 1.54) is 12.3 Å². The number of nitrogens with one attached hydrogen (secondary N) is 1. The Labute approximate surface area is 105 Å². The van der Waals surface area contributed by atoms with Crippen molar-refractivity contribution in [1.29, 1.82) is 0 Å². The minimum atomic E-state index is -3.71. The maximum atomic E-state index is 12.0. The zero-order chi connectivity index (χ0) is 13.2. The van der Waals surface area contributed by atoms with Gasteiger partial charge in [0.15, 0.2) is 5.03 Å². The van der Waals surface area contributed by atoms with Gasteiger partial charge in [-0.15, -0.1) is 0 Å². The van der Waals surface area contributed by atoms with Crippen molar-refractivity contribution >= 4 is 15.7 Å². The minimum Gasteiger partial charge on any atom is -0.396 e. The summed E-state index contributed by atoms with van der Waals surface area (Å²) < 4.78 is 28.0. The SMILES string of the molecule is Cn1nccc1CNS(=O)(=O)c1ncccc1N. The molecule has 0 bridgehead atoms. The van der Waals surface area contributed by atoms with E-state index in [4.69, 9.17) is 5.73 Å². The highest BCUT2D eigenvalue weighted by Gasteiger charge is 2.18. The van der Waals surface area contributed by atoms with Crippen molar-refractivity contribution < 1.29 is 8.42 Å². The van der Waals surface area contributed by atoms with E-state index >= 15 is 0 Å². The van der Waals surface area contributed by atoms with Crippen LogP contribution in [0.1, 0.15) is 5.69 Å². The number of nitrogens with zero attached hydrogens (tertiary/aromatic N) is 3. The fourth-order valence-electron chi connectivity index (χ4n) is 1.44. The number of anilines is 1. The fourth-order valence-corrected chi connectivity index (χ4v) is 2.49. The van der Waals surface area contributed by atoms with Crippen LogP contribution in [-0.2, 0) is 23.6 Å². The van der Waals surface area contributed by atoms with E-state index in [0.29, 0.717) is 0 Å². The van der Waals surface area contributed by atoms with Crippen LogP contribution in [0.5, 0.6) is 0 Å². The van der Waals surface area contributed by atoms with Gasteiger partial charge in [0, 0.05) is 19.4 Å². The van der Waals surface area contributed by atoms with Crippen molar-refractivity contribution in [3.8, 4) is 0 Å². The largest absolute Gasteiger partial charge is 0.396 e. The summed E-state index contributed by atoms with van der Waals surface area (Å²) in [6.07, 6.45) is 2.98. The third kappa shape index (κ3) is 2.49. The summed E-state index contributed by atoms with van der Waals surface area (Å²) in [7, 11) is -1.98. The Kier molecular flexibility index (Phi) is 3.30. The second kappa shape index (κ2) is 4.75. The summed E-state index contributed by atoms with van der Waals surface area (Å²) in [5.74, 6) is 0. The average molecular weight is 267 g/mol. The number of nitrogen functional groups attached to an aromatic ring is 1. The Bertz CT molecular complexity index is 650. The molecule has 0 aliphatic carbocycles. The Hall–Kier alpha value is -1.93. The molecule has 2 heterocycles. The molecule has 0 radical (unpaired) electrons. The van der Waals surface area contributed by atoms with Crippen molar-refractivity contribution in [3.05, 3.63) is 36.3 Å². The molecular formula is C10H13N5O2S. The van der Waals surface area contributed by atoms with E-state index in [1.807, 2.05) is 0 Å². The van der Waals surface area contributed by atoms with E-state index in [9.17, 15) is 8.42 Å². The maximum absolute atomic E-state index is 12.0. The molecule has 0 fully saturated rings. The van der Waals surface area contributed by atoms with E-state index in [2.05, 4.69) is 14.8 Å². The molecule has 0 unspecified atom stereocenters. The van der Waals surface area contributed by atoms with Crippen molar-refractivity contribution in [1.82, 2.24) is 19.5 Å². The maximum Gasteiger partial charge on any atom is 0.260 e. The van der Waals surface area contributed by atoms with Crippen LogP contribution >= 0.6 is 0 Å². The third-order valence-corrected chi connectivity index (χ3v) is 3.80. The smallest absolute Gasteiger partial charge is 0.260 e. The first-order valence-corrected chi connectivity index (χ1v) is 6.66. The monoisotopic (exact) mass is 267 g/mol. The van der Waals surface area contributed by atoms with E-state index in [0.717, 1.165) is 5.69 Å². The lowest BCUT2D eigenvalue weighted by atomic mass is 10.4. The van der Waals surface area contributed by atoms with Crippen LogP contribution in [0.3, 0.4) is 0 Å². The molecule has 18 heavy (non-hydrogen) atoms. The molecule has 8 heteroatoms. The van der Waals surface area contributed by atoms with Gasteiger partial charge in [-0.3, -0.25) is 4.68 Å².